The maximum absolute atomic E-state index is 5.84. The number of rotatable bonds is 4. The van der Waals surface area contributed by atoms with Crippen molar-refractivity contribution in [3.63, 3.8) is 0 Å². The number of nitrogen functional groups attached to an aromatic ring is 1. The first-order chi connectivity index (χ1) is 9.10. The minimum Gasteiger partial charge on any atom is -0.399 e. The highest BCUT2D eigenvalue weighted by molar-refractivity contribution is 9.10. The summed E-state index contributed by atoms with van der Waals surface area (Å²) in [7, 11) is 2.09. The molecular formula is C16H19BrN2. The van der Waals surface area contributed by atoms with E-state index in [-0.39, 0.29) is 0 Å². The van der Waals surface area contributed by atoms with Crippen LogP contribution >= 0.6 is 15.9 Å². The highest BCUT2D eigenvalue weighted by Crippen LogP contribution is 2.23. The standard InChI is InChI=1S/C16H19BrN2/c1-3-12-4-7-15(8-5-12)19(2)11-13-10-14(18)6-9-16(13)17/h4-10H,3,11,18H2,1-2H3. The summed E-state index contributed by atoms with van der Waals surface area (Å²) in [5, 5.41) is 0. The maximum atomic E-state index is 5.84. The molecule has 0 amide bonds. The van der Waals surface area contributed by atoms with Crippen LogP contribution in [0.25, 0.3) is 0 Å². The van der Waals surface area contributed by atoms with Gasteiger partial charge >= 0.3 is 0 Å². The molecule has 2 N–H and O–H groups in total. The Morgan fingerprint density at radius 3 is 2.42 bits per heavy atom. The van der Waals surface area contributed by atoms with Gasteiger partial charge in [0.05, 0.1) is 0 Å². The molecule has 2 rings (SSSR count). The molecule has 0 saturated carbocycles. The van der Waals surface area contributed by atoms with E-state index in [1.807, 2.05) is 18.2 Å². The van der Waals surface area contributed by atoms with Crippen LogP contribution in [0.5, 0.6) is 0 Å². The third kappa shape index (κ3) is 3.51. The molecule has 0 bridgehead atoms. The van der Waals surface area contributed by atoms with Crippen LogP contribution in [0.1, 0.15) is 18.1 Å². The molecule has 100 valence electrons. The van der Waals surface area contributed by atoms with E-state index in [1.54, 1.807) is 0 Å². The lowest BCUT2D eigenvalue weighted by molar-refractivity contribution is 0.918. The molecule has 2 aromatic rings. The molecule has 0 heterocycles. The van der Waals surface area contributed by atoms with Gasteiger partial charge in [0.25, 0.3) is 0 Å². The third-order valence-electron chi connectivity index (χ3n) is 3.26. The molecule has 0 radical (unpaired) electrons. The largest absolute Gasteiger partial charge is 0.399 e. The van der Waals surface area contributed by atoms with Crippen LogP contribution in [0.3, 0.4) is 0 Å². The molecular weight excluding hydrogens is 300 g/mol. The Hall–Kier alpha value is -1.48. The number of aryl methyl sites for hydroxylation is 1. The van der Waals surface area contributed by atoms with Crippen molar-refractivity contribution in [3.8, 4) is 0 Å². The number of nitrogens with two attached hydrogens (primary N) is 1. The topological polar surface area (TPSA) is 29.3 Å². The first kappa shape index (κ1) is 13.9. The Labute approximate surface area is 123 Å². The lowest BCUT2D eigenvalue weighted by Crippen LogP contribution is -2.16. The van der Waals surface area contributed by atoms with Gasteiger partial charge in [-0.05, 0) is 47.9 Å². The molecule has 0 unspecified atom stereocenters. The normalized spacial score (nSPS) is 10.5. The molecule has 2 nitrogen and oxygen atoms in total. The molecule has 0 aromatic heterocycles. The average molecular weight is 319 g/mol. The second-order valence-corrected chi connectivity index (χ2v) is 5.58. The minimum atomic E-state index is 0.799. The molecule has 0 fully saturated rings. The predicted molar refractivity (Wildman–Crippen MR) is 86.5 cm³/mol. The van der Waals surface area contributed by atoms with Gasteiger partial charge in [0.2, 0.25) is 0 Å². The van der Waals surface area contributed by atoms with Crippen LogP contribution in [0.4, 0.5) is 11.4 Å². The highest BCUT2D eigenvalue weighted by atomic mass is 79.9. The van der Waals surface area contributed by atoms with Gasteiger partial charge in [0.15, 0.2) is 0 Å². The summed E-state index contributed by atoms with van der Waals surface area (Å²) in [6.45, 7) is 3.00. The van der Waals surface area contributed by atoms with Gasteiger partial charge in [-0.15, -0.1) is 0 Å². The second-order valence-electron chi connectivity index (χ2n) is 4.73. The molecule has 0 aliphatic rings. The lowest BCUT2D eigenvalue weighted by Gasteiger charge is -2.20. The number of nitrogens with zero attached hydrogens (tertiary/aromatic N) is 1. The Kier molecular flexibility index (Phi) is 4.48. The SMILES string of the molecule is CCc1ccc(N(C)Cc2cc(N)ccc2Br)cc1. The van der Waals surface area contributed by atoms with E-state index >= 15 is 0 Å². The van der Waals surface area contributed by atoms with Gasteiger partial charge in [0, 0.05) is 29.4 Å². The fraction of sp³-hybridized carbons (Fsp3) is 0.250. The van der Waals surface area contributed by atoms with E-state index in [0.717, 1.165) is 23.1 Å². The number of anilines is 2. The van der Waals surface area contributed by atoms with E-state index in [2.05, 4.69) is 59.1 Å². The smallest absolute Gasteiger partial charge is 0.0438 e. The van der Waals surface area contributed by atoms with Crippen molar-refractivity contribution < 1.29 is 0 Å². The molecule has 0 aliphatic heterocycles. The zero-order valence-electron chi connectivity index (χ0n) is 11.4. The summed E-state index contributed by atoms with van der Waals surface area (Å²) < 4.78 is 1.10. The summed E-state index contributed by atoms with van der Waals surface area (Å²) >= 11 is 3.57. The van der Waals surface area contributed by atoms with Gasteiger partial charge in [-0.3, -0.25) is 0 Å². The van der Waals surface area contributed by atoms with Gasteiger partial charge in [-0.1, -0.05) is 35.0 Å². The summed E-state index contributed by atoms with van der Waals surface area (Å²) in [5.41, 5.74) is 10.4. The Balaban J connectivity index is 2.15. The van der Waals surface area contributed by atoms with Crippen molar-refractivity contribution in [2.45, 2.75) is 19.9 Å². The van der Waals surface area contributed by atoms with E-state index in [0.29, 0.717) is 0 Å². The van der Waals surface area contributed by atoms with Crippen molar-refractivity contribution in [2.24, 2.45) is 0 Å². The zero-order valence-corrected chi connectivity index (χ0v) is 12.9. The van der Waals surface area contributed by atoms with Gasteiger partial charge in [-0.2, -0.15) is 0 Å². The predicted octanol–water partition coefficient (Wildman–Crippen LogP) is 4.23. The van der Waals surface area contributed by atoms with Crippen LogP contribution < -0.4 is 10.6 Å². The van der Waals surface area contributed by atoms with E-state index in [9.17, 15) is 0 Å². The molecule has 0 atom stereocenters. The van der Waals surface area contributed by atoms with Gasteiger partial charge in [0.1, 0.15) is 0 Å². The summed E-state index contributed by atoms with van der Waals surface area (Å²) in [5.74, 6) is 0. The maximum Gasteiger partial charge on any atom is 0.0438 e. The third-order valence-corrected chi connectivity index (χ3v) is 4.04. The van der Waals surface area contributed by atoms with Crippen LogP contribution in [-0.2, 0) is 13.0 Å². The van der Waals surface area contributed by atoms with Crippen molar-refractivity contribution in [2.75, 3.05) is 17.7 Å². The Morgan fingerprint density at radius 2 is 1.79 bits per heavy atom. The fourth-order valence-corrected chi connectivity index (χ4v) is 2.42. The Morgan fingerprint density at radius 1 is 1.11 bits per heavy atom. The quantitative estimate of drug-likeness (QED) is 0.855. The van der Waals surface area contributed by atoms with Crippen molar-refractivity contribution in [1.82, 2.24) is 0 Å². The summed E-state index contributed by atoms with van der Waals surface area (Å²) in [4.78, 5) is 2.22. The molecule has 19 heavy (non-hydrogen) atoms. The fourth-order valence-electron chi connectivity index (χ4n) is 2.05. The van der Waals surface area contributed by atoms with Crippen LogP contribution in [0.15, 0.2) is 46.9 Å². The summed E-state index contributed by atoms with van der Waals surface area (Å²) in [6, 6.07) is 14.6. The minimum absolute atomic E-state index is 0.799. The van der Waals surface area contributed by atoms with E-state index in [1.165, 1.54) is 16.8 Å². The van der Waals surface area contributed by atoms with Crippen LogP contribution in [-0.4, -0.2) is 7.05 Å². The van der Waals surface area contributed by atoms with Crippen LogP contribution in [0, 0.1) is 0 Å². The van der Waals surface area contributed by atoms with Crippen molar-refractivity contribution in [1.29, 1.82) is 0 Å². The molecule has 0 saturated heterocycles. The van der Waals surface area contributed by atoms with E-state index < -0.39 is 0 Å². The molecule has 3 heteroatoms. The molecule has 2 aromatic carbocycles. The second kappa shape index (κ2) is 6.11. The summed E-state index contributed by atoms with van der Waals surface area (Å²) in [6.07, 6.45) is 1.07. The highest BCUT2D eigenvalue weighted by Gasteiger charge is 2.06. The number of hydrogen-bond donors (Lipinski definition) is 1. The van der Waals surface area contributed by atoms with Crippen molar-refractivity contribution in [3.05, 3.63) is 58.1 Å². The molecule has 0 aliphatic carbocycles. The lowest BCUT2D eigenvalue weighted by atomic mass is 10.1. The van der Waals surface area contributed by atoms with Gasteiger partial charge < -0.3 is 10.6 Å². The van der Waals surface area contributed by atoms with Crippen molar-refractivity contribution >= 4 is 27.3 Å². The monoisotopic (exact) mass is 318 g/mol. The van der Waals surface area contributed by atoms with E-state index in [4.69, 9.17) is 5.73 Å². The first-order valence-corrected chi connectivity index (χ1v) is 7.23. The number of benzene rings is 2. The Bertz CT molecular complexity index is 549. The van der Waals surface area contributed by atoms with Crippen LogP contribution in [0.2, 0.25) is 0 Å². The average Bonchev–Trinajstić information content (AvgIpc) is 2.43. The first-order valence-electron chi connectivity index (χ1n) is 6.44. The molecule has 0 spiro atoms. The number of hydrogen-bond acceptors (Lipinski definition) is 2. The zero-order chi connectivity index (χ0) is 13.8. The number of halogens is 1. The van der Waals surface area contributed by atoms with Gasteiger partial charge in [-0.25, -0.2) is 0 Å².